The quantitative estimate of drug-likeness (QED) is 0.471. The molecule has 94 valence electrons. The van der Waals surface area contributed by atoms with Gasteiger partial charge in [-0.2, -0.15) is 0 Å². The number of nitro groups is 1. The Bertz CT molecular complexity index is 532. The fourth-order valence-electron chi connectivity index (χ4n) is 1.24. The van der Waals surface area contributed by atoms with Crippen molar-refractivity contribution >= 4 is 27.1 Å². The summed E-state index contributed by atoms with van der Waals surface area (Å²) in [6.07, 6.45) is 0.150. The Kier molecular flexibility index (Phi) is 4.41. The van der Waals surface area contributed by atoms with Crippen molar-refractivity contribution in [1.29, 1.82) is 0 Å². The number of nitro benzene ring substituents is 1. The molecule has 0 heterocycles. The minimum Gasteiger partial charge on any atom is -0.258 e. The van der Waals surface area contributed by atoms with Gasteiger partial charge in [-0.15, -0.1) is 11.6 Å². The molecular weight excluding hydrogens is 273 g/mol. The van der Waals surface area contributed by atoms with Gasteiger partial charge >= 0.3 is 0 Å². The number of hydrogen-bond donors (Lipinski definition) is 0. The van der Waals surface area contributed by atoms with Crippen LogP contribution in [0.2, 0.25) is 0 Å². The lowest BCUT2D eigenvalue weighted by atomic mass is 10.3. The second-order valence-corrected chi connectivity index (χ2v) is 5.69. The van der Waals surface area contributed by atoms with Gasteiger partial charge in [-0.1, -0.05) is 0 Å². The molecule has 1 aromatic rings. The molecule has 0 saturated heterocycles. The fraction of sp³-hybridized carbons (Fsp3) is 0.333. The van der Waals surface area contributed by atoms with Gasteiger partial charge in [0.15, 0.2) is 9.84 Å². The molecule has 0 unspecified atom stereocenters. The molecule has 1 aromatic carbocycles. The molecule has 17 heavy (non-hydrogen) atoms. The summed E-state index contributed by atoms with van der Waals surface area (Å²) < 4.78 is 36.4. The minimum atomic E-state index is -3.89. The average molecular weight is 282 g/mol. The van der Waals surface area contributed by atoms with Crippen molar-refractivity contribution in [1.82, 2.24) is 0 Å². The van der Waals surface area contributed by atoms with E-state index in [2.05, 4.69) is 0 Å². The molecule has 0 aliphatic rings. The molecule has 0 amide bonds. The molecule has 0 atom stereocenters. The number of rotatable bonds is 5. The number of alkyl halides is 1. The highest BCUT2D eigenvalue weighted by Gasteiger charge is 2.25. The molecule has 0 radical (unpaired) electrons. The normalized spacial score (nSPS) is 11.4. The van der Waals surface area contributed by atoms with Crippen LogP contribution in [0.15, 0.2) is 23.1 Å². The second kappa shape index (κ2) is 5.42. The van der Waals surface area contributed by atoms with Crippen LogP contribution >= 0.6 is 11.6 Å². The van der Waals surface area contributed by atoms with Crippen molar-refractivity contribution in [2.24, 2.45) is 0 Å². The SMILES string of the molecule is O=[N+]([O-])c1ccc(F)cc1S(=O)(=O)CCCCl. The standard InChI is InChI=1S/C9H9ClFNO4S/c10-4-1-5-17(15,16)9-6-7(11)2-3-8(9)12(13)14/h2-3,6H,1,4-5H2. The number of hydrogen-bond acceptors (Lipinski definition) is 4. The van der Waals surface area contributed by atoms with Gasteiger partial charge in [0.25, 0.3) is 5.69 Å². The molecule has 0 saturated carbocycles. The summed E-state index contributed by atoms with van der Waals surface area (Å²) in [5.41, 5.74) is -0.624. The summed E-state index contributed by atoms with van der Waals surface area (Å²) in [6.45, 7) is 0. The summed E-state index contributed by atoms with van der Waals surface area (Å²) in [5.74, 6) is -1.07. The molecule has 0 bridgehead atoms. The third kappa shape index (κ3) is 3.37. The molecular formula is C9H9ClFNO4S. The molecule has 0 N–H and O–H groups in total. The van der Waals surface area contributed by atoms with Crippen LogP contribution in [0.5, 0.6) is 0 Å². The van der Waals surface area contributed by atoms with Gasteiger partial charge in [-0.25, -0.2) is 12.8 Å². The maximum absolute atomic E-state index is 12.9. The molecule has 5 nitrogen and oxygen atoms in total. The average Bonchev–Trinajstić information content (AvgIpc) is 2.26. The first-order chi connectivity index (χ1) is 7.88. The van der Waals surface area contributed by atoms with Crippen LogP contribution in [0, 0.1) is 15.9 Å². The zero-order chi connectivity index (χ0) is 13.1. The Morgan fingerprint density at radius 1 is 1.41 bits per heavy atom. The lowest BCUT2D eigenvalue weighted by molar-refractivity contribution is -0.387. The molecule has 0 aliphatic heterocycles. The van der Waals surface area contributed by atoms with Crippen LogP contribution in [0.3, 0.4) is 0 Å². The first-order valence-corrected chi connectivity index (χ1v) is 6.80. The maximum Gasteiger partial charge on any atom is 0.288 e. The van der Waals surface area contributed by atoms with Gasteiger partial charge in [-0.05, 0) is 18.6 Å². The Morgan fingerprint density at radius 2 is 2.06 bits per heavy atom. The molecule has 0 fully saturated rings. The summed E-state index contributed by atoms with van der Waals surface area (Å²) in [6, 6.07) is 2.34. The van der Waals surface area contributed by atoms with Gasteiger partial charge < -0.3 is 0 Å². The van der Waals surface area contributed by atoms with E-state index >= 15 is 0 Å². The molecule has 1 rings (SSSR count). The highest BCUT2D eigenvalue weighted by Crippen LogP contribution is 2.25. The van der Waals surface area contributed by atoms with Crippen molar-refractivity contribution in [3.05, 3.63) is 34.1 Å². The van der Waals surface area contributed by atoms with E-state index in [0.29, 0.717) is 6.07 Å². The summed E-state index contributed by atoms with van der Waals surface area (Å²) in [7, 11) is -3.89. The summed E-state index contributed by atoms with van der Waals surface area (Å²) in [4.78, 5) is 9.19. The van der Waals surface area contributed by atoms with Gasteiger partial charge in [-0.3, -0.25) is 10.1 Å². The summed E-state index contributed by atoms with van der Waals surface area (Å²) in [5, 5.41) is 10.6. The molecule has 0 aliphatic carbocycles. The van der Waals surface area contributed by atoms with Crippen LogP contribution in [0.1, 0.15) is 6.42 Å². The first-order valence-electron chi connectivity index (χ1n) is 4.61. The predicted octanol–water partition coefficient (Wildman–Crippen LogP) is 2.14. The van der Waals surface area contributed by atoms with Crippen molar-refractivity contribution in [2.45, 2.75) is 11.3 Å². The van der Waals surface area contributed by atoms with Crippen LogP contribution in [-0.2, 0) is 9.84 Å². The van der Waals surface area contributed by atoms with Crippen LogP contribution in [-0.4, -0.2) is 25.0 Å². The Hall–Kier alpha value is -1.21. The third-order valence-corrected chi connectivity index (χ3v) is 4.09. The zero-order valence-corrected chi connectivity index (χ0v) is 10.2. The summed E-state index contributed by atoms with van der Waals surface area (Å²) >= 11 is 5.36. The Balaban J connectivity index is 3.28. The Morgan fingerprint density at radius 3 is 2.59 bits per heavy atom. The van der Waals surface area contributed by atoms with Crippen molar-refractivity contribution in [3.8, 4) is 0 Å². The largest absolute Gasteiger partial charge is 0.288 e. The van der Waals surface area contributed by atoms with E-state index in [1.54, 1.807) is 0 Å². The fourth-order valence-corrected chi connectivity index (χ4v) is 3.03. The molecule has 0 aromatic heterocycles. The van der Waals surface area contributed by atoms with Crippen LogP contribution < -0.4 is 0 Å². The van der Waals surface area contributed by atoms with Gasteiger partial charge in [0, 0.05) is 11.9 Å². The van der Waals surface area contributed by atoms with E-state index in [1.165, 1.54) is 0 Å². The van der Waals surface area contributed by atoms with E-state index in [1.807, 2.05) is 0 Å². The zero-order valence-electron chi connectivity index (χ0n) is 8.60. The minimum absolute atomic E-state index is 0.113. The first kappa shape index (κ1) is 13.9. The topological polar surface area (TPSA) is 77.3 Å². The van der Waals surface area contributed by atoms with E-state index in [0.717, 1.165) is 12.1 Å². The lowest BCUT2D eigenvalue weighted by Gasteiger charge is -2.04. The van der Waals surface area contributed by atoms with E-state index in [9.17, 15) is 22.9 Å². The highest BCUT2D eigenvalue weighted by molar-refractivity contribution is 7.91. The monoisotopic (exact) mass is 281 g/mol. The number of nitrogens with zero attached hydrogens (tertiary/aromatic N) is 1. The Labute approximate surface area is 102 Å². The van der Waals surface area contributed by atoms with Crippen LogP contribution in [0.25, 0.3) is 0 Å². The predicted molar refractivity (Wildman–Crippen MR) is 60.4 cm³/mol. The highest BCUT2D eigenvalue weighted by atomic mass is 35.5. The lowest BCUT2D eigenvalue weighted by Crippen LogP contribution is -2.10. The maximum atomic E-state index is 12.9. The van der Waals surface area contributed by atoms with E-state index in [4.69, 9.17) is 11.6 Å². The number of sulfone groups is 1. The van der Waals surface area contributed by atoms with Crippen molar-refractivity contribution in [3.63, 3.8) is 0 Å². The van der Waals surface area contributed by atoms with E-state index < -0.39 is 31.2 Å². The van der Waals surface area contributed by atoms with E-state index in [-0.39, 0.29) is 18.1 Å². The van der Waals surface area contributed by atoms with Crippen LogP contribution in [0.4, 0.5) is 10.1 Å². The number of benzene rings is 1. The third-order valence-electron chi connectivity index (χ3n) is 2.00. The molecule has 0 spiro atoms. The van der Waals surface area contributed by atoms with Crippen molar-refractivity contribution < 1.29 is 17.7 Å². The van der Waals surface area contributed by atoms with Crippen molar-refractivity contribution in [2.75, 3.05) is 11.6 Å². The molecule has 8 heteroatoms. The smallest absolute Gasteiger partial charge is 0.258 e. The number of halogens is 2. The second-order valence-electron chi connectivity index (χ2n) is 3.23. The van der Waals surface area contributed by atoms with Gasteiger partial charge in [0.05, 0.1) is 10.7 Å². The van der Waals surface area contributed by atoms with Gasteiger partial charge in [0.2, 0.25) is 0 Å². The van der Waals surface area contributed by atoms with Gasteiger partial charge in [0.1, 0.15) is 10.7 Å².